The summed E-state index contributed by atoms with van der Waals surface area (Å²) in [5, 5.41) is 9.07. The third-order valence-electron chi connectivity index (χ3n) is 2.70. The van der Waals surface area contributed by atoms with E-state index >= 15 is 0 Å². The topological polar surface area (TPSA) is 109 Å². The van der Waals surface area contributed by atoms with Crippen LogP contribution >= 0.6 is 0 Å². The number of anilines is 1. The number of sulfonamides is 1. The molecule has 6 nitrogen and oxygen atoms in total. The Morgan fingerprint density at radius 1 is 1.55 bits per heavy atom. The van der Waals surface area contributed by atoms with Crippen molar-refractivity contribution < 1.29 is 18.3 Å². The Morgan fingerprint density at radius 3 is 2.70 bits per heavy atom. The number of hydrogen-bond acceptors (Lipinski definition) is 4. The van der Waals surface area contributed by atoms with Crippen LogP contribution in [0.4, 0.5) is 5.69 Å². The van der Waals surface area contributed by atoms with Gasteiger partial charge in [0, 0.05) is 18.2 Å². The van der Waals surface area contributed by atoms with E-state index in [4.69, 9.17) is 17.3 Å². The smallest absolute Gasteiger partial charge is 0.337 e. The Labute approximate surface area is 118 Å². The predicted octanol–water partition coefficient (Wildman–Crippen LogP) is 1.05. The number of rotatable bonds is 6. The standard InChI is InChI=1S/C13H16N2O4S/c1-3-5-10(4-2)15-20(18,19)12-7-6-9(14)8-11(12)13(16)17/h1,6-8,10,15H,4-5,14H2,2H3,(H,16,17). The van der Waals surface area contributed by atoms with Crippen molar-refractivity contribution in [3.63, 3.8) is 0 Å². The fraction of sp³-hybridized carbons (Fsp3) is 0.308. The Hall–Kier alpha value is -2.04. The molecule has 0 heterocycles. The van der Waals surface area contributed by atoms with Gasteiger partial charge < -0.3 is 10.8 Å². The Morgan fingerprint density at radius 2 is 2.20 bits per heavy atom. The Balaban J connectivity index is 3.22. The molecule has 0 saturated carbocycles. The number of carboxylic acid groups (broad SMARTS) is 1. The van der Waals surface area contributed by atoms with Crippen molar-refractivity contribution in [2.24, 2.45) is 0 Å². The van der Waals surface area contributed by atoms with Gasteiger partial charge in [-0.1, -0.05) is 6.92 Å². The van der Waals surface area contributed by atoms with Gasteiger partial charge in [0.2, 0.25) is 10.0 Å². The maximum absolute atomic E-state index is 12.2. The largest absolute Gasteiger partial charge is 0.478 e. The lowest BCUT2D eigenvalue weighted by molar-refractivity contribution is 0.0692. The number of carbonyl (C=O) groups is 1. The summed E-state index contributed by atoms with van der Waals surface area (Å²) in [6.07, 6.45) is 5.90. The number of nitrogens with two attached hydrogens (primary N) is 1. The first-order valence-corrected chi connectivity index (χ1v) is 7.38. The predicted molar refractivity (Wildman–Crippen MR) is 75.7 cm³/mol. The molecule has 0 amide bonds. The fourth-order valence-corrected chi connectivity index (χ4v) is 3.14. The highest BCUT2D eigenvalue weighted by molar-refractivity contribution is 7.89. The second kappa shape index (κ2) is 6.41. The number of aromatic carboxylic acids is 1. The Kier molecular flexibility index (Phi) is 5.13. The second-order valence-corrected chi connectivity index (χ2v) is 5.88. The summed E-state index contributed by atoms with van der Waals surface area (Å²) < 4.78 is 26.9. The molecule has 0 spiro atoms. The van der Waals surface area contributed by atoms with Crippen molar-refractivity contribution >= 4 is 21.7 Å². The van der Waals surface area contributed by atoms with E-state index in [0.717, 1.165) is 6.07 Å². The lowest BCUT2D eigenvalue weighted by Gasteiger charge is -2.16. The van der Waals surface area contributed by atoms with E-state index in [1.165, 1.54) is 12.1 Å². The maximum Gasteiger partial charge on any atom is 0.337 e. The monoisotopic (exact) mass is 296 g/mol. The van der Waals surface area contributed by atoms with Crippen LogP contribution in [0.25, 0.3) is 0 Å². The zero-order chi connectivity index (χ0) is 15.3. The van der Waals surface area contributed by atoms with Crippen molar-refractivity contribution in [2.45, 2.75) is 30.7 Å². The van der Waals surface area contributed by atoms with Gasteiger partial charge in [0.1, 0.15) is 0 Å². The molecule has 1 rings (SSSR count). The average Bonchev–Trinajstić information content (AvgIpc) is 2.37. The Bertz CT molecular complexity index is 647. The third kappa shape index (κ3) is 3.73. The van der Waals surface area contributed by atoms with E-state index in [-0.39, 0.29) is 22.6 Å². The summed E-state index contributed by atoms with van der Waals surface area (Å²) in [5.74, 6) is 1.02. The minimum atomic E-state index is -3.97. The molecule has 0 aromatic heterocycles. The quantitative estimate of drug-likeness (QED) is 0.537. The molecule has 0 fully saturated rings. The first-order chi connectivity index (χ1) is 9.31. The highest BCUT2D eigenvalue weighted by atomic mass is 32.2. The normalized spacial score (nSPS) is 12.6. The molecule has 0 bridgehead atoms. The van der Waals surface area contributed by atoms with Crippen LogP contribution in [0.1, 0.15) is 30.1 Å². The van der Waals surface area contributed by atoms with Crippen LogP contribution < -0.4 is 10.5 Å². The molecular formula is C13H16N2O4S. The molecule has 1 unspecified atom stereocenters. The minimum absolute atomic E-state index is 0.178. The average molecular weight is 296 g/mol. The van der Waals surface area contributed by atoms with E-state index in [9.17, 15) is 13.2 Å². The van der Waals surface area contributed by atoms with Gasteiger partial charge in [-0.3, -0.25) is 0 Å². The highest BCUT2D eigenvalue weighted by Crippen LogP contribution is 2.19. The van der Waals surface area contributed by atoms with E-state index < -0.39 is 22.0 Å². The van der Waals surface area contributed by atoms with E-state index in [1.54, 1.807) is 6.92 Å². The molecule has 1 aromatic carbocycles. The van der Waals surface area contributed by atoms with Crippen molar-refractivity contribution in [1.29, 1.82) is 0 Å². The molecule has 20 heavy (non-hydrogen) atoms. The van der Waals surface area contributed by atoms with Crippen LogP contribution in [-0.2, 0) is 10.0 Å². The molecule has 1 aromatic rings. The van der Waals surface area contributed by atoms with E-state index in [0.29, 0.717) is 6.42 Å². The van der Waals surface area contributed by atoms with Gasteiger partial charge in [0.15, 0.2) is 0 Å². The molecule has 0 aliphatic heterocycles. The number of benzene rings is 1. The van der Waals surface area contributed by atoms with Crippen LogP contribution in [0, 0.1) is 12.3 Å². The van der Waals surface area contributed by atoms with Gasteiger partial charge in [-0.25, -0.2) is 17.9 Å². The van der Waals surface area contributed by atoms with Crippen molar-refractivity contribution in [2.75, 3.05) is 5.73 Å². The fourth-order valence-electron chi connectivity index (χ4n) is 1.64. The molecule has 0 saturated heterocycles. The maximum atomic E-state index is 12.2. The minimum Gasteiger partial charge on any atom is -0.478 e. The van der Waals surface area contributed by atoms with Crippen molar-refractivity contribution in [3.05, 3.63) is 23.8 Å². The molecule has 108 valence electrons. The van der Waals surface area contributed by atoms with Gasteiger partial charge >= 0.3 is 5.97 Å². The lowest BCUT2D eigenvalue weighted by Crippen LogP contribution is -2.35. The van der Waals surface area contributed by atoms with Gasteiger partial charge in [0.25, 0.3) is 0 Å². The van der Waals surface area contributed by atoms with Crippen LogP contribution in [0.5, 0.6) is 0 Å². The number of terminal acetylenes is 1. The van der Waals surface area contributed by atoms with Crippen molar-refractivity contribution in [1.82, 2.24) is 4.72 Å². The molecule has 0 aliphatic carbocycles. The lowest BCUT2D eigenvalue weighted by atomic mass is 10.2. The van der Waals surface area contributed by atoms with Crippen LogP contribution in [0.2, 0.25) is 0 Å². The number of nitrogen functional groups attached to an aromatic ring is 1. The first-order valence-electron chi connectivity index (χ1n) is 5.90. The molecule has 1 atom stereocenters. The summed E-state index contributed by atoms with van der Waals surface area (Å²) in [4.78, 5) is 10.8. The van der Waals surface area contributed by atoms with Gasteiger partial charge in [-0.05, 0) is 24.6 Å². The van der Waals surface area contributed by atoms with Gasteiger partial charge in [0.05, 0.1) is 10.5 Å². The van der Waals surface area contributed by atoms with Gasteiger partial charge in [-0.2, -0.15) is 0 Å². The second-order valence-electron chi connectivity index (χ2n) is 4.20. The zero-order valence-corrected chi connectivity index (χ0v) is 11.8. The molecule has 7 heteroatoms. The van der Waals surface area contributed by atoms with Crippen LogP contribution in [0.3, 0.4) is 0 Å². The molecule has 0 radical (unpaired) electrons. The zero-order valence-electron chi connectivity index (χ0n) is 11.0. The summed E-state index contributed by atoms with van der Waals surface area (Å²) in [6, 6.07) is 3.18. The van der Waals surface area contributed by atoms with Gasteiger partial charge in [-0.15, -0.1) is 12.3 Å². The highest BCUT2D eigenvalue weighted by Gasteiger charge is 2.24. The molecule has 0 aliphatic rings. The van der Waals surface area contributed by atoms with Crippen LogP contribution in [-0.4, -0.2) is 25.5 Å². The number of carboxylic acids is 1. The summed E-state index contributed by atoms with van der Waals surface area (Å²) in [6.45, 7) is 1.78. The molecule has 4 N–H and O–H groups in total. The molecular weight excluding hydrogens is 280 g/mol. The van der Waals surface area contributed by atoms with E-state index in [1.807, 2.05) is 0 Å². The first kappa shape index (κ1) is 16.0. The summed E-state index contributed by atoms with van der Waals surface area (Å²) in [7, 11) is -3.97. The number of hydrogen-bond donors (Lipinski definition) is 3. The van der Waals surface area contributed by atoms with Crippen LogP contribution in [0.15, 0.2) is 23.1 Å². The SMILES string of the molecule is C#CCC(CC)NS(=O)(=O)c1ccc(N)cc1C(=O)O. The van der Waals surface area contributed by atoms with E-state index in [2.05, 4.69) is 10.6 Å². The summed E-state index contributed by atoms with van der Waals surface area (Å²) >= 11 is 0. The third-order valence-corrected chi connectivity index (χ3v) is 4.28. The number of nitrogens with one attached hydrogen (secondary N) is 1. The summed E-state index contributed by atoms with van der Waals surface area (Å²) in [5.41, 5.74) is 5.29. The van der Waals surface area contributed by atoms with Crippen molar-refractivity contribution in [3.8, 4) is 12.3 Å².